The quantitative estimate of drug-likeness (QED) is 0.935. The molecule has 0 aliphatic heterocycles. The summed E-state index contributed by atoms with van der Waals surface area (Å²) in [6.45, 7) is 4.38. The lowest BCUT2D eigenvalue weighted by Gasteiger charge is -2.06. The van der Waals surface area contributed by atoms with Gasteiger partial charge in [0.05, 0.1) is 7.11 Å². The van der Waals surface area contributed by atoms with E-state index in [2.05, 4.69) is 31.3 Å². The summed E-state index contributed by atoms with van der Waals surface area (Å²) in [6, 6.07) is 17.6. The molecule has 0 heterocycles. The summed E-state index contributed by atoms with van der Waals surface area (Å²) < 4.78 is 5.20. The van der Waals surface area contributed by atoms with Crippen molar-refractivity contribution in [3.63, 3.8) is 0 Å². The number of carbonyl (C=O) groups excluding carboxylic acids is 1. The highest BCUT2D eigenvalue weighted by molar-refractivity contribution is 5.94. The van der Waals surface area contributed by atoms with Crippen molar-refractivity contribution in [3.8, 4) is 5.75 Å². The fraction of sp³-hybridized carbons (Fsp3) is 0.316. The highest BCUT2D eigenvalue weighted by Crippen LogP contribution is 2.58. The molecule has 1 fully saturated rings. The Hall–Kier alpha value is -2.29. The number of rotatable bonds is 4. The van der Waals surface area contributed by atoms with Crippen molar-refractivity contribution in [2.75, 3.05) is 7.11 Å². The van der Waals surface area contributed by atoms with E-state index in [0.29, 0.717) is 11.5 Å². The van der Waals surface area contributed by atoms with Gasteiger partial charge in [0.15, 0.2) is 0 Å². The zero-order valence-electron chi connectivity index (χ0n) is 13.2. The van der Waals surface area contributed by atoms with E-state index in [4.69, 9.17) is 4.74 Å². The molecule has 0 aromatic heterocycles. The Morgan fingerprint density at radius 1 is 1.05 bits per heavy atom. The highest BCUT2D eigenvalue weighted by atomic mass is 16.5. The molecule has 0 unspecified atom stereocenters. The van der Waals surface area contributed by atoms with Gasteiger partial charge in [-0.3, -0.25) is 4.79 Å². The van der Waals surface area contributed by atoms with E-state index < -0.39 is 0 Å². The zero-order valence-corrected chi connectivity index (χ0v) is 13.2. The number of hydrogen-bond acceptors (Lipinski definition) is 2. The van der Waals surface area contributed by atoms with Crippen LogP contribution in [0.3, 0.4) is 0 Å². The van der Waals surface area contributed by atoms with Crippen LogP contribution in [0.1, 0.15) is 35.7 Å². The molecule has 1 saturated carbocycles. The van der Waals surface area contributed by atoms with E-state index in [0.717, 1.165) is 5.75 Å². The van der Waals surface area contributed by atoms with Gasteiger partial charge in [-0.05, 0) is 35.2 Å². The van der Waals surface area contributed by atoms with Gasteiger partial charge in [0, 0.05) is 17.5 Å². The molecule has 2 aromatic rings. The Kier molecular flexibility index (Phi) is 3.65. The molecule has 3 rings (SSSR count). The molecular formula is C19H21NO2. The maximum absolute atomic E-state index is 12.3. The monoisotopic (exact) mass is 295 g/mol. The number of carbonyl (C=O) groups is 1. The van der Waals surface area contributed by atoms with Gasteiger partial charge in [-0.2, -0.15) is 0 Å². The van der Waals surface area contributed by atoms with Crippen LogP contribution < -0.4 is 10.1 Å². The Bertz CT molecular complexity index is 662. The molecule has 114 valence electrons. The van der Waals surface area contributed by atoms with Gasteiger partial charge >= 0.3 is 0 Å². The second-order valence-corrected chi connectivity index (χ2v) is 6.39. The van der Waals surface area contributed by atoms with Gasteiger partial charge in [0.1, 0.15) is 5.75 Å². The van der Waals surface area contributed by atoms with Crippen LogP contribution >= 0.6 is 0 Å². The van der Waals surface area contributed by atoms with E-state index in [1.165, 1.54) is 5.56 Å². The first kappa shape index (κ1) is 14.6. The van der Waals surface area contributed by atoms with E-state index in [1.807, 2.05) is 42.5 Å². The molecule has 22 heavy (non-hydrogen) atoms. The summed E-state index contributed by atoms with van der Waals surface area (Å²) in [7, 11) is 1.67. The Balaban J connectivity index is 1.73. The van der Waals surface area contributed by atoms with Gasteiger partial charge in [-0.25, -0.2) is 0 Å². The van der Waals surface area contributed by atoms with E-state index in [-0.39, 0.29) is 17.4 Å². The molecule has 0 bridgehead atoms. The van der Waals surface area contributed by atoms with Gasteiger partial charge in [0.2, 0.25) is 0 Å². The molecular weight excluding hydrogens is 274 g/mol. The maximum Gasteiger partial charge on any atom is 0.251 e. The van der Waals surface area contributed by atoms with Crippen LogP contribution in [0.5, 0.6) is 5.75 Å². The van der Waals surface area contributed by atoms with E-state index in [1.54, 1.807) is 7.11 Å². The largest absolute Gasteiger partial charge is 0.497 e. The van der Waals surface area contributed by atoms with Crippen molar-refractivity contribution < 1.29 is 9.53 Å². The van der Waals surface area contributed by atoms with Gasteiger partial charge in [-0.1, -0.05) is 44.2 Å². The standard InChI is InChI=1S/C19H21NO2/c1-19(2)16(13-9-11-15(22-3)12-10-13)17(19)20-18(21)14-7-5-4-6-8-14/h4-12,16-17H,1-3H3,(H,20,21)/t16-,17-/m1/s1. The fourth-order valence-corrected chi connectivity index (χ4v) is 3.15. The SMILES string of the molecule is COc1ccc([C@@H]2[C@@H](NC(=O)c3ccccc3)C2(C)C)cc1. The highest BCUT2D eigenvalue weighted by Gasteiger charge is 2.59. The molecule has 3 heteroatoms. The van der Waals surface area contributed by atoms with Crippen molar-refractivity contribution in [2.24, 2.45) is 5.41 Å². The number of benzene rings is 2. The molecule has 0 spiro atoms. The average Bonchev–Trinajstić information content (AvgIpc) is 3.08. The zero-order chi connectivity index (χ0) is 15.7. The smallest absolute Gasteiger partial charge is 0.251 e. The summed E-state index contributed by atoms with van der Waals surface area (Å²) in [4.78, 5) is 12.3. The van der Waals surface area contributed by atoms with Gasteiger partial charge in [-0.15, -0.1) is 0 Å². The van der Waals surface area contributed by atoms with E-state index >= 15 is 0 Å². The van der Waals surface area contributed by atoms with Crippen molar-refractivity contribution in [3.05, 3.63) is 65.7 Å². The van der Waals surface area contributed by atoms with Crippen molar-refractivity contribution in [2.45, 2.75) is 25.8 Å². The lowest BCUT2D eigenvalue weighted by Crippen LogP contribution is -2.28. The third-order valence-electron chi connectivity index (χ3n) is 4.62. The predicted molar refractivity (Wildman–Crippen MR) is 87.2 cm³/mol. The number of nitrogens with one attached hydrogen (secondary N) is 1. The number of hydrogen-bond donors (Lipinski definition) is 1. The van der Waals surface area contributed by atoms with Crippen molar-refractivity contribution in [1.29, 1.82) is 0 Å². The minimum Gasteiger partial charge on any atom is -0.497 e. The van der Waals surface area contributed by atoms with Gasteiger partial charge < -0.3 is 10.1 Å². The normalized spacial score (nSPS) is 22.0. The second-order valence-electron chi connectivity index (χ2n) is 6.39. The summed E-state index contributed by atoms with van der Waals surface area (Å²) in [5.74, 6) is 1.19. The van der Waals surface area contributed by atoms with E-state index in [9.17, 15) is 4.79 Å². The Labute approximate surface area is 131 Å². The van der Waals surface area contributed by atoms with Crippen molar-refractivity contribution >= 4 is 5.91 Å². The maximum atomic E-state index is 12.3. The number of amides is 1. The van der Waals surface area contributed by atoms with Gasteiger partial charge in [0.25, 0.3) is 5.91 Å². The molecule has 1 aliphatic rings. The van der Waals surface area contributed by atoms with Crippen molar-refractivity contribution in [1.82, 2.24) is 5.32 Å². The minimum absolute atomic E-state index is 0.00492. The number of ether oxygens (including phenoxy) is 1. The summed E-state index contributed by atoms with van der Waals surface area (Å²) in [5.41, 5.74) is 2.02. The average molecular weight is 295 g/mol. The number of methoxy groups -OCH3 is 1. The fourth-order valence-electron chi connectivity index (χ4n) is 3.15. The summed E-state index contributed by atoms with van der Waals surface area (Å²) in [5, 5.41) is 3.17. The Morgan fingerprint density at radius 2 is 1.68 bits per heavy atom. The lowest BCUT2D eigenvalue weighted by atomic mass is 10.0. The first-order valence-corrected chi connectivity index (χ1v) is 7.54. The lowest BCUT2D eigenvalue weighted by molar-refractivity contribution is 0.0946. The van der Waals surface area contributed by atoms with Crippen LogP contribution in [0.25, 0.3) is 0 Å². The first-order valence-electron chi connectivity index (χ1n) is 7.54. The molecule has 2 aromatic carbocycles. The van der Waals surface area contributed by atoms with Crippen LogP contribution in [-0.2, 0) is 0 Å². The molecule has 3 nitrogen and oxygen atoms in total. The third-order valence-corrected chi connectivity index (χ3v) is 4.62. The van der Waals surface area contributed by atoms with Crippen LogP contribution in [-0.4, -0.2) is 19.1 Å². The molecule has 0 radical (unpaired) electrons. The second kappa shape index (κ2) is 5.48. The van der Waals surface area contributed by atoms with Crippen LogP contribution in [0.2, 0.25) is 0 Å². The third kappa shape index (κ3) is 2.59. The summed E-state index contributed by atoms with van der Waals surface area (Å²) >= 11 is 0. The molecule has 1 N–H and O–H groups in total. The Morgan fingerprint density at radius 3 is 2.27 bits per heavy atom. The minimum atomic E-state index is -0.00492. The predicted octanol–water partition coefficient (Wildman–Crippen LogP) is 3.62. The van der Waals surface area contributed by atoms with Crippen LogP contribution in [0, 0.1) is 5.41 Å². The van der Waals surface area contributed by atoms with Crippen LogP contribution in [0.4, 0.5) is 0 Å². The molecule has 1 amide bonds. The molecule has 2 atom stereocenters. The molecule has 0 saturated heterocycles. The van der Waals surface area contributed by atoms with Crippen LogP contribution in [0.15, 0.2) is 54.6 Å². The first-order chi connectivity index (χ1) is 10.5. The summed E-state index contributed by atoms with van der Waals surface area (Å²) in [6.07, 6.45) is 0. The molecule has 1 aliphatic carbocycles. The topological polar surface area (TPSA) is 38.3 Å².